The molecule has 1 aromatic rings. The third-order valence-corrected chi connectivity index (χ3v) is 5.02. The number of hydrogen-bond acceptors (Lipinski definition) is 3. The monoisotopic (exact) mass is 287 g/mol. The van der Waals surface area contributed by atoms with Gasteiger partial charge in [0.25, 0.3) is 0 Å². The molecule has 0 aromatic heterocycles. The molecule has 0 saturated carbocycles. The van der Waals surface area contributed by atoms with Crippen LogP contribution in [0.15, 0.2) is 18.2 Å². The van der Waals surface area contributed by atoms with Gasteiger partial charge in [-0.3, -0.25) is 0 Å². The fourth-order valence-corrected chi connectivity index (χ4v) is 3.07. The van der Waals surface area contributed by atoms with Crippen molar-refractivity contribution in [2.75, 3.05) is 18.1 Å². The molecular weight excluding hydrogens is 265 g/mol. The Hall–Kier alpha value is -0.940. The van der Waals surface area contributed by atoms with Crippen LogP contribution in [0.5, 0.6) is 0 Å². The lowest BCUT2D eigenvalue weighted by Gasteiger charge is -2.14. The van der Waals surface area contributed by atoms with Crippen LogP contribution >= 0.6 is 0 Å². The molecule has 108 valence electrons. The molecule has 1 unspecified atom stereocenters. The molecule has 0 aliphatic carbocycles. The summed E-state index contributed by atoms with van der Waals surface area (Å²) in [6.07, 6.45) is 0.766. The minimum Gasteiger partial charge on any atom is -0.313 e. The minimum absolute atomic E-state index is 0.0642. The van der Waals surface area contributed by atoms with Gasteiger partial charge in [-0.05, 0) is 50.1 Å². The van der Waals surface area contributed by atoms with E-state index < -0.39 is 9.84 Å². The van der Waals surface area contributed by atoms with E-state index in [1.807, 2.05) is 13.8 Å². The van der Waals surface area contributed by atoms with Crippen LogP contribution < -0.4 is 5.32 Å². The van der Waals surface area contributed by atoms with Crippen molar-refractivity contribution in [1.29, 1.82) is 0 Å². The van der Waals surface area contributed by atoms with Crippen molar-refractivity contribution in [3.63, 3.8) is 0 Å². The molecule has 0 aliphatic rings. The maximum absolute atomic E-state index is 12.9. The Balaban J connectivity index is 2.42. The van der Waals surface area contributed by atoms with Gasteiger partial charge in [-0.2, -0.15) is 0 Å². The quantitative estimate of drug-likeness (QED) is 0.835. The summed E-state index contributed by atoms with van der Waals surface area (Å²) >= 11 is 0. The molecule has 0 bridgehead atoms. The standard InChI is InChI=1S/C14H22FNO2S/c1-4-19(17,18)10-12(3)16-8-7-13-5-6-14(15)9-11(13)2/h5-6,9,12,16H,4,7-8,10H2,1-3H3. The van der Waals surface area contributed by atoms with Gasteiger partial charge in [0.15, 0.2) is 9.84 Å². The number of hydrogen-bond donors (Lipinski definition) is 1. The fourth-order valence-electron chi connectivity index (χ4n) is 1.95. The van der Waals surface area contributed by atoms with Gasteiger partial charge >= 0.3 is 0 Å². The van der Waals surface area contributed by atoms with Gasteiger partial charge < -0.3 is 5.32 Å². The number of rotatable bonds is 7. The van der Waals surface area contributed by atoms with E-state index in [4.69, 9.17) is 0 Å². The van der Waals surface area contributed by atoms with Crippen LogP contribution in [0.4, 0.5) is 4.39 Å². The Kier molecular flexibility index (Phi) is 5.94. The average Bonchev–Trinajstić information content (AvgIpc) is 2.31. The van der Waals surface area contributed by atoms with Crippen LogP contribution in [0, 0.1) is 12.7 Å². The summed E-state index contributed by atoms with van der Waals surface area (Å²) in [5.74, 6) is 0.110. The molecule has 0 heterocycles. The zero-order valence-electron chi connectivity index (χ0n) is 11.7. The zero-order chi connectivity index (χ0) is 14.5. The second-order valence-corrected chi connectivity index (χ2v) is 7.27. The molecule has 1 N–H and O–H groups in total. The SMILES string of the molecule is CCS(=O)(=O)CC(C)NCCc1ccc(F)cc1C. The summed E-state index contributed by atoms with van der Waals surface area (Å²) in [6.45, 7) is 6.09. The van der Waals surface area contributed by atoms with E-state index in [9.17, 15) is 12.8 Å². The zero-order valence-corrected chi connectivity index (χ0v) is 12.6. The lowest BCUT2D eigenvalue weighted by atomic mass is 10.1. The summed E-state index contributed by atoms with van der Waals surface area (Å²) < 4.78 is 35.8. The molecule has 0 aliphatic heterocycles. The highest BCUT2D eigenvalue weighted by molar-refractivity contribution is 7.91. The first kappa shape index (κ1) is 16.1. The number of nitrogens with one attached hydrogen (secondary N) is 1. The van der Waals surface area contributed by atoms with Gasteiger partial charge in [-0.25, -0.2) is 12.8 Å². The Labute approximate surface area is 115 Å². The Morgan fingerprint density at radius 1 is 1.37 bits per heavy atom. The maximum Gasteiger partial charge on any atom is 0.151 e. The van der Waals surface area contributed by atoms with Crippen molar-refractivity contribution in [3.8, 4) is 0 Å². The molecule has 0 spiro atoms. The largest absolute Gasteiger partial charge is 0.313 e. The first-order valence-electron chi connectivity index (χ1n) is 6.53. The Morgan fingerprint density at radius 3 is 2.63 bits per heavy atom. The third-order valence-electron chi connectivity index (χ3n) is 3.14. The molecule has 0 radical (unpaired) electrons. The van der Waals surface area contributed by atoms with E-state index in [2.05, 4.69) is 5.32 Å². The molecule has 5 heteroatoms. The number of aryl methyl sites for hydroxylation is 1. The third kappa shape index (κ3) is 5.70. The highest BCUT2D eigenvalue weighted by atomic mass is 32.2. The van der Waals surface area contributed by atoms with Crippen LogP contribution in [-0.4, -0.2) is 32.5 Å². The van der Waals surface area contributed by atoms with Gasteiger partial charge in [0.05, 0.1) is 5.75 Å². The lowest BCUT2D eigenvalue weighted by Crippen LogP contribution is -2.34. The molecule has 0 saturated heterocycles. The summed E-state index contributed by atoms with van der Waals surface area (Å²) in [7, 11) is -2.94. The lowest BCUT2D eigenvalue weighted by molar-refractivity contribution is 0.558. The molecule has 1 atom stereocenters. The minimum atomic E-state index is -2.94. The average molecular weight is 287 g/mol. The van der Waals surface area contributed by atoms with Crippen LogP contribution in [0.3, 0.4) is 0 Å². The van der Waals surface area contributed by atoms with E-state index in [-0.39, 0.29) is 23.4 Å². The predicted molar refractivity (Wildman–Crippen MR) is 76.6 cm³/mol. The fraction of sp³-hybridized carbons (Fsp3) is 0.571. The molecular formula is C14H22FNO2S. The van der Waals surface area contributed by atoms with Crippen molar-refractivity contribution in [2.24, 2.45) is 0 Å². The highest BCUT2D eigenvalue weighted by Crippen LogP contribution is 2.10. The second kappa shape index (κ2) is 7.01. The normalized spacial score (nSPS) is 13.5. The van der Waals surface area contributed by atoms with Crippen molar-refractivity contribution in [1.82, 2.24) is 5.32 Å². The van der Waals surface area contributed by atoms with E-state index in [1.54, 1.807) is 13.0 Å². The molecule has 0 amide bonds. The van der Waals surface area contributed by atoms with Crippen LogP contribution in [0.2, 0.25) is 0 Å². The Morgan fingerprint density at radius 2 is 2.05 bits per heavy atom. The molecule has 1 aromatic carbocycles. The second-order valence-electron chi connectivity index (χ2n) is 4.87. The summed E-state index contributed by atoms with van der Waals surface area (Å²) in [5, 5.41) is 3.19. The molecule has 0 fully saturated rings. The van der Waals surface area contributed by atoms with E-state index in [0.717, 1.165) is 17.5 Å². The number of sulfone groups is 1. The van der Waals surface area contributed by atoms with Crippen molar-refractivity contribution in [2.45, 2.75) is 33.2 Å². The van der Waals surface area contributed by atoms with Crippen LogP contribution in [0.25, 0.3) is 0 Å². The van der Waals surface area contributed by atoms with Gasteiger partial charge in [-0.1, -0.05) is 13.0 Å². The summed E-state index contributed by atoms with van der Waals surface area (Å²) in [5.41, 5.74) is 2.01. The molecule has 1 rings (SSSR count). The van der Waals surface area contributed by atoms with Gasteiger partial charge in [0.1, 0.15) is 5.82 Å². The first-order chi connectivity index (χ1) is 8.84. The van der Waals surface area contributed by atoms with E-state index >= 15 is 0 Å². The summed E-state index contributed by atoms with van der Waals surface area (Å²) in [4.78, 5) is 0. The summed E-state index contributed by atoms with van der Waals surface area (Å²) in [6, 6.07) is 4.68. The van der Waals surface area contributed by atoms with Gasteiger partial charge in [-0.15, -0.1) is 0 Å². The van der Waals surface area contributed by atoms with E-state index in [0.29, 0.717) is 6.54 Å². The van der Waals surface area contributed by atoms with Gasteiger partial charge in [0, 0.05) is 11.8 Å². The van der Waals surface area contributed by atoms with E-state index in [1.165, 1.54) is 12.1 Å². The van der Waals surface area contributed by atoms with Crippen LogP contribution in [0.1, 0.15) is 25.0 Å². The first-order valence-corrected chi connectivity index (χ1v) is 8.35. The topological polar surface area (TPSA) is 46.2 Å². The predicted octanol–water partition coefficient (Wildman–Crippen LogP) is 2.09. The maximum atomic E-state index is 12.9. The smallest absolute Gasteiger partial charge is 0.151 e. The number of benzene rings is 1. The molecule has 19 heavy (non-hydrogen) atoms. The Bertz CT molecular complexity index is 514. The van der Waals surface area contributed by atoms with Crippen molar-refractivity contribution < 1.29 is 12.8 Å². The van der Waals surface area contributed by atoms with Crippen molar-refractivity contribution >= 4 is 9.84 Å². The highest BCUT2D eigenvalue weighted by Gasteiger charge is 2.12. The van der Waals surface area contributed by atoms with Gasteiger partial charge in [0.2, 0.25) is 0 Å². The van der Waals surface area contributed by atoms with Crippen molar-refractivity contribution in [3.05, 3.63) is 35.1 Å². The number of halogens is 1. The molecule has 3 nitrogen and oxygen atoms in total. The van der Waals surface area contributed by atoms with Crippen LogP contribution in [-0.2, 0) is 16.3 Å².